The first-order valence-corrected chi connectivity index (χ1v) is 10.3. The van der Waals surface area contributed by atoms with Gasteiger partial charge in [-0.05, 0) is 48.9 Å². The molecule has 0 aliphatic heterocycles. The maximum absolute atomic E-state index is 12.8. The van der Waals surface area contributed by atoms with Crippen LogP contribution in [-0.2, 0) is 19.3 Å². The molecule has 1 aliphatic rings. The van der Waals surface area contributed by atoms with Crippen molar-refractivity contribution < 1.29 is 4.74 Å². The highest BCUT2D eigenvalue weighted by Gasteiger charge is 2.21. The van der Waals surface area contributed by atoms with Crippen LogP contribution in [0.4, 0.5) is 0 Å². The van der Waals surface area contributed by atoms with E-state index < -0.39 is 0 Å². The number of fused-ring (bicyclic) bond motifs is 2. The fourth-order valence-electron chi connectivity index (χ4n) is 3.76. The fraction of sp³-hybridized carbons (Fsp3) is 0.348. The van der Waals surface area contributed by atoms with Crippen molar-refractivity contribution in [3.05, 3.63) is 74.8 Å². The topological polar surface area (TPSA) is 26.3 Å². The van der Waals surface area contributed by atoms with Gasteiger partial charge in [-0.15, -0.1) is 11.3 Å². The van der Waals surface area contributed by atoms with E-state index in [9.17, 15) is 4.79 Å². The van der Waals surface area contributed by atoms with Crippen LogP contribution in [0.2, 0.25) is 0 Å². The summed E-state index contributed by atoms with van der Waals surface area (Å²) < 4.78 is 7.01. The Morgan fingerprint density at radius 2 is 2.00 bits per heavy atom. The minimum absolute atomic E-state index is 0.235. The molecule has 4 rings (SSSR count). The van der Waals surface area contributed by atoms with Crippen molar-refractivity contribution in [2.45, 2.75) is 39.0 Å². The predicted molar refractivity (Wildman–Crippen MR) is 110 cm³/mol. The molecule has 0 radical (unpaired) electrons. The van der Waals surface area contributed by atoms with E-state index in [0.29, 0.717) is 6.61 Å². The molecule has 1 atom stereocenters. The summed E-state index contributed by atoms with van der Waals surface area (Å²) in [5, 5.41) is 0.846. The third-order valence-corrected chi connectivity index (χ3v) is 6.61. The average Bonchev–Trinajstić information content (AvgIpc) is 2.68. The molecule has 0 amide bonds. The Morgan fingerprint density at radius 1 is 1.15 bits per heavy atom. The van der Waals surface area contributed by atoms with Gasteiger partial charge in [0.2, 0.25) is 0 Å². The SMILES string of the molecule is CCC1CCc2c(sc3cc(OCCc4ccccc4)ccc3c2=O)C1. The molecule has 1 unspecified atom stereocenters. The van der Waals surface area contributed by atoms with Crippen molar-refractivity contribution >= 4 is 21.4 Å². The van der Waals surface area contributed by atoms with Gasteiger partial charge in [-0.1, -0.05) is 43.7 Å². The second-order valence-electron chi connectivity index (χ2n) is 7.09. The molecule has 1 heterocycles. The molecule has 134 valence electrons. The molecule has 1 aliphatic carbocycles. The van der Waals surface area contributed by atoms with E-state index in [2.05, 4.69) is 31.2 Å². The molecular formula is C23H24O2S. The Bertz CT molecular complexity index is 959. The van der Waals surface area contributed by atoms with Crippen molar-refractivity contribution in [2.75, 3.05) is 6.61 Å². The van der Waals surface area contributed by atoms with E-state index in [1.165, 1.54) is 16.9 Å². The largest absolute Gasteiger partial charge is 0.493 e. The summed E-state index contributed by atoms with van der Waals surface area (Å²) in [5.41, 5.74) is 2.57. The van der Waals surface area contributed by atoms with Crippen LogP contribution < -0.4 is 10.2 Å². The fourth-order valence-corrected chi connectivity index (χ4v) is 5.11. The molecule has 2 aromatic carbocycles. The van der Waals surface area contributed by atoms with Crippen molar-refractivity contribution in [1.29, 1.82) is 0 Å². The highest BCUT2D eigenvalue weighted by atomic mass is 32.1. The number of hydrogen-bond donors (Lipinski definition) is 0. The zero-order valence-electron chi connectivity index (χ0n) is 15.2. The standard InChI is InChI=1S/C23H24O2S/c1-2-16-8-10-19-21(14-16)26-22-15-18(9-11-20(22)23(19)24)25-13-12-17-6-4-3-5-7-17/h3-7,9,11,15-16H,2,8,10,12-14H2,1H3. The van der Waals surface area contributed by atoms with Gasteiger partial charge in [0.15, 0.2) is 5.43 Å². The molecule has 3 aromatic rings. The lowest BCUT2D eigenvalue weighted by molar-refractivity contribution is 0.322. The first-order chi connectivity index (χ1) is 12.7. The van der Waals surface area contributed by atoms with Crippen molar-refractivity contribution in [3.63, 3.8) is 0 Å². The Kier molecular flexibility index (Phi) is 5.07. The molecular weight excluding hydrogens is 340 g/mol. The van der Waals surface area contributed by atoms with Crippen molar-refractivity contribution in [2.24, 2.45) is 5.92 Å². The summed E-state index contributed by atoms with van der Waals surface area (Å²) in [4.78, 5) is 14.1. The summed E-state index contributed by atoms with van der Waals surface area (Å²) in [6.45, 7) is 2.89. The summed E-state index contributed by atoms with van der Waals surface area (Å²) in [6, 6.07) is 16.3. The van der Waals surface area contributed by atoms with Crippen LogP contribution in [0, 0.1) is 5.92 Å². The molecule has 1 aromatic heterocycles. The highest BCUT2D eigenvalue weighted by Crippen LogP contribution is 2.33. The molecule has 0 fully saturated rings. The minimum atomic E-state index is 0.235. The van der Waals surface area contributed by atoms with Gasteiger partial charge in [0.25, 0.3) is 0 Å². The molecule has 0 bridgehead atoms. The third kappa shape index (κ3) is 3.54. The Morgan fingerprint density at radius 3 is 2.81 bits per heavy atom. The van der Waals surface area contributed by atoms with Crippen LogP contribution in [-0.4, -0.2) is 6.61 Å². The normalized spacial score (nSPS) is 16.4. The summed E-state index contributed by atoms with van der Waals surface area (Å²) in [6.07, 6.45) is 5.23. The first kappa shape index (κ1) is 17.3. The molecule has 0 saturated carbocycles. The van der Waals surface area contributed by atoms with E-state index in [1.807, 2.05) is 24.3 Å². The molecule has 0 spiro atoms. The van der Waals surface area contributed by atoms with Crippen molar-refractivity contribution in [1.82, 2.24) is 0 Å². The maximum Gasteiger partial charge on any atom is 0.191 e. The average molecular weight is 365 g/mol. The van der Waals surface area contributed by atoms with E-state index in [0.717, 1.165) is 53.0 Å². The predicted octanol–water partition coefficient (Wildman–Crippen LogP) is 5.40. The molecule has 26 heavy (non-hydrogen) atoms. The van der Waals surface area contributed by atoms with Crippen LogP contribution in [0.15, 0.2) is 53.3 Å². The Balaban J connectivity index is 1.56. The van der Waals surface area contributed by atoms with Gasteiger partial charge in [-0.3, -0.25) is 4.79 Å². The number of ether oxygens (including phenoxy) is 1. The monoisotopic (exact) mass is 364 g/mol. The lowest BCUT2D eigenvalue weighted by Crippen LogP contribution is -2.20. The van der Waals surface area contributed by atoms with Gasteiger partial charge in [0, 0.05) is 26.9 Å². The molecule has 3 heteroatoms. The van der Waals surface area contributed by atoms with E-state index in [1.54, 1.807) is 11.3 Å². The Labute approximate surface area is 158 Å². The lowest BCUT2D eigenvalue weighted by atomic mass is 9.87. The van der Waals surface area contributed by atoms with Gasteiger partial charge in [-0.25, -0.2) is 0 Å². The van der Waals surface area contributed by atoms with Crippen LogP contribution in [0.25, 0.3) is 10.1 Å². The van der Waals surface area contributed by atoms with Gasteiger partial charge in [-0.2, -0.15) is 0 Å². The van der Waals surface area contributed by atoms with Gasteiger partial charge < -0.3 is 4.74 Å². The van der Waals surface area contributed by atoms with Crippen LogP contribution in [0.1, 0.15) is 35.8 Å². The number of hydrogen-bond acceptors (Lipinski definition) is 3. The third-order valence-electron chi connectivity index (χ3n) is 5.40. The molecule has 0 N–H and O–H groups in total. The summed E-state index contributed by atoms with van der Waals surface area (Å²) >= 11 is 1.79. The Hall–Kier alpha value is -2.13. The quantitative estimate of drug-likeness (QED) is 0.606. The summed E-state index contributed by atoms with van der Waals surface area (Å²) in [7, 11) is 0. The van der Waals surface area contributed by atoms with Gasteiger partial charge >= 0.3 is 0 Å². The molecule has 0 saturated heterocycles. The first-order valence-electron chi connectivity index (χ1n) is 9.50. The van der Waals surface area contributed by atoms with E-state index >= 15 is 0 Å². The van der Waals surface area contributed by atoms with Crippen molar-refractivity contribution in [3.8, 4) is 5.75 Å². The zero-order chi connectivity index (χ0) is 17.9. The van der Waals surface area contributed by atoms with E-state index in [-0.39, 0.29) is 5.43 Å². The van der Waals surface area contributed by atoms with E-state index in [4.69, 9.17) is 4.74 Å². The number of benzene rings is 2. The summed E-state index contributed by atoms with van der Waals surface area (Å²) in [5.74, 6) is 1.58. The van der Waals surface area contributed by atoms with Crippen LogP contribution in [0.3, 0.4) is 0 Å². The maximum atomic E-state index is 12.8. The van der Waals surface area contributed by atoms with Gasteiger partial charge in [0.05, 0.1) is 6.61 Å². The lowest BCUT2D eigenvalue weighted by Gasteiger charge is -2.22. The second kappa shape index (κ2) is 7.63. The molecule has 2 nitrogen and oxygen atoms in total. The zero-order valence-corrected chi connectivity index (χ0v) is 16.0. The smallest absolute Gasteiger partial charge is 0.191 e. The number of rotatable bonds is 5. The second-order valence-corrected chi connectivity index (χ2v) is 8.23. The van der Waals surface area contributed by atoms with Crippen LogP contribution in [0.5, 0.6) is 5.75 Å². The minimum Gasteiger partial charge on any atom is -0.493 e. The highest BCUT2D eigenvalue weighted by molar-refractivity contribution is 7.18. The van der Waals surface area contributed by atoms with Gasteiger partial charge in [0.1, 0.15) is 5.75 Å². The van der Waals surface area contributed by atoms with Crippen LogP contribution >= 0.6 is 11.3 Å².